The summed E-state index contributed by atoms with van der Waals surface area (Å²) in [6, 6.07) is 0. The maximum atomic E-state index is 8.52. The standard InChI is InChI=1S/2C7H21N3P.H2O4S/c2*1-8(2)11(7,9(3)4)10(5)6;1-5(2,3)4/h2*1-7H3;(H2,1,2,3,4)/q2*+1;/p-2. The first kappa shape index (κ1) is 32.2. The van der Waals surface area contributed by atoms with Crippen molar-refractivity contribution < 1.29 is 17.5 Å². The largest absolute Gasteiger partial charge is 0.759 e. The molecule has 13 heteroatoms. The molecule has 0 aromatic rings. The van der Waals surface area contributed by atoms with E-state index < -0.39 is 25.8 Å². The van der Waals surface area contributed by atoms with E-state index >= 15 is 0 Å². The average Bonchev–Trinajstić information content (AvgIpc) is 2.42. The monoisotopic (exact) mass is 452 g/mol. The first-order valence-corrected chi connectivity index (χ1v) is 13.6. The molecule has 0 fully saturated rings. The summed E-state index contributed by atoms with van der Waals surface area (Å²) in [7, 11) is 18.1. The zero-order chi connectivity index (χ0) is 23.0. The third kappa shape index (κ3) is 11.9. The van der Waals surface area contributed by atoms with E-state index in [4.69, 9.17) is 17.5 Å². The fraction of sp³-hybridized carbons (Fsp3) is 1.00. The van der Waals surface area contributed by atoms with Crippen LogP contribution >= 0.6 is 15.4 Å². The van der Waals surface area contributed by atoms with Gasteiger partial charge < -0.3 is 9.11 Å². The summed E-state index contributed by atoms with van der Waals surface area (Å²) in [5.41, 5.74) is 0. The van der Waals surface area contributed by atoms with Crippen LogP contribution in [0.3, 0.4) is 0 Å². The van der Waals surface area contributed by atoms with Gasteiger partial charge in [0.1, 0.15) is 0 Å². The van der Waals surface area contributed by atoms with Gasteiger partial charge in [0.2, 0.25) is 15.4 Å². The third-order valence-corrected chi connectivity index (χ3v) is 13.6. The Hall–Kier alpha value is 0.490. The molecule has 0 aliphatic carbocycles. The molecule has 0 rings (SSSR count). The van der Waals surface area contributed by atoms with Crippen LogP contribution in [0, 0.1) is 0 Å². The van der Waals surface area contributed by atoms with E-state index in [1.807, 2.05) is 0 Å². The molecular formula is C14H42N6O4P2S. The van der Waals surface area contributed by atoms with Crippen LogP contribution in [0.5, 0.6) is 0 Å². The molecule has 0 saturated carbocycles. The first-order chi connectivity index (χ1) is 11.7. The second-order valence-electron chi connectivity index (χ2n) is 7.23. The molecule has 10 nitrogen and oxygen atoms in total. The summed E-state index contributed by atoms with van der Waals surface area (Å²) in [5.74, 6) is 0. The molecule has 168 valence electrons. The van der Waals surface area contributed by atoms with Gasteiger partial charge in [-0.2, -0.15) is 28.0 Å². The number of hydrogen-bond acceptors (Lipinski definition) is 10. The van der Waals surface area contributed by atoms with Crippen LogP contribution in [0.4, 0.5) is 0 Å². The first-order valence-electron chi connectivity index (χ1n) is 8.13. The lowest BCUT2D eigenvalue weighted by atomic mass is 11.2. The highest BCUT2D eigenvalue weighted by atomic mass is 32.3. The van der Waals surface area contributed by atoms with Crippen molar-refractivity contribution in [1.82, 2.24) is 28.0 Å². The molecule has 0 spiro atoms. The van der Waals surface area contributed by atoms with Gasteiger partial charge in [0, 0.05) is 95.0 Å². The molecule has 0 aliphatic rings. The number of rotatable bonds is 6. The SMILES string of the molecule is CN(C)[P+](C)(N(C)C)N(C)C.CN(C)[P+](C)(N(C)C)N(C)C.O=S(=O)([O-])[O-]. The predicted molar refractivity (Wildman–Crippen MR) is 118 cm³/mol. The fourth-order valence-corrected chi connectivity index (χ4v) is 6.44. The van der Waals surface area contributed by atoms with Crippen LogP contribution in [0.25, 0.3) is 0 Å². The van der Waals surface area contributed by atoms with Crippen molar-refractivity contribution in [3.8, 4) is 0 Å². The van der Waals surface area contributed by atoms with Crippen molar-refractivity contribution in [2.24, 2.45) is 0 Å². The highest BCUT2D eigenvalue weighted by Gasteiger charge is 2.42. The second kappa shape index (κ2) is 12.9. The van der Waals surface area contributed by atoms with Crippen LogP contribution in [0.2, 0.25) is 0 Å². The lowest BCUT2D eigenvalue weighted by Gasteiger charge is -2.36. The molecule has 27 heavy (non-hydrogen) atoms. The molecule has 0 radical (unpaired) electrons. The van der Waals surface area contributed by atoms with Crippen molar-refractivity contribution >= 4 is 25.8 Å². The Labute approximate surface area is 169 Å². The summed E-state index contributed by atoms with van der Waals surface area (Å²) in [6.45, 7) is 4.60. The van der Waals surface area contributed by atoms with Crippen LogP contribution in [-0.2, 0) is 10.4 Å². The molecule has 0 heterocycles. The van der Waals surface area contributed by atoms with Crippen LogP contribution < -0.4 is 0 Å². The van der Waals surface area contributed by atoms with Gasteiger partial charge in [-0.05, 0) is 0 Å². The molecule has 0 N–H and O–H groups in total. The summed E-state index contributed by atoms with van der Waals surface area (Å²) < 4.78 is 47.9. The van der Waals surface area contributed by atoms with E-state index in [0.29, 0.717) is 0 Å². The zero-order valence-electron chi connectivity index (χ0n) is 19.6. The van der Waals surface area contributed by atoms with Crippen molar-refractivity contribution in [3.05, 3.63) is 0 Å². The Morgan fingerprint density at radius 2 is 0.556 bits per heavy atom. The molecule has 0 aliphatic heterocycles. The fourth-order valence-electron chi connectivity index (χ4n) is 2.15. The molecule has 0 atom stereocenters. The summed E-state index contributed by atoms with van der Waals surface area (Å²) in [4.78, 5) is 0. The lowest BCUT2D eigenvalue weighted by molar-refractivity contribution is 0.352. The second-order valence-corrected chi connectivity index (χ2v) is 16.3. The van der Waals surface area contributed by atoms with Gasteiger partial charge in [0.25, 0.3) is 0 Å². The topological polar surface area (TPSA) is 99.7 Å². The average molecular weight is 453 g/mol. The highest BCUT2D eigenvalue weighted by Crippen LogP contribution is 2.60. The minimum atomic E-state index is -5.17. The van der Waals surface area contributed by atoms with Gasteiger partial charge in [-0.1, -0.05) is 0 Å². The van der Waals surface area contributed by atoms with Gasteiger partial charge >= 0.3 is 0 Å². The summed E-state index contributed by atoms with van der Waals surface area (Å²) >= 11 is 0. The normalized spacial score (nSPS) is 13.3. The molecule has 0 unspecified atom stereocenters. The van der Waals surface area contributed by atoms with Gasteiger partial charge in [-0.25, -0.2) is 0 Å². The Balaban J connectivity index is -0.000000344. The highest BCUT2D eigenvalue weighted by molar-refractivity contribution is 7.79. The minimum Gasteiger partial charge on any atom is -0.759 e. The third-order valence-electron chi connectivity index (χ3n) is 4.55. The van der Waals surface area contributed by atoms with Crippen molar-refractivity contribution in [3.63, 3.8) is 0 Å². The van der Waals surface area contributed by atoms with E-state index in [2.05, 4.69) is 126 Å². The molecule has 0 amide bonds. The van der Waals surface area contributed by atoms with Crippen LogP contribution in [0.1, 0.15) is 0 Å². The van der Waals surface area contributed by atoms with E-state index in [-0.39, 0.29) is 0 Å². The zero-order valence-corrected chi connectivity index (χ0v) is 22.2. The van der Waals surface area contributed by atoms with Gasteiger partial charge in [-0.15, -0.1) is 0 Å². The molecule has 0 aromatic carbocycles. The minimum absolute atomic E-state index is 1.19. The van der Waals surface area contributed by atoms with Crippen LogP contribution in [0.15, 0.2) is 0 Å². The summed E-state index contributed by atoms with van der Waals surface area (Å²) in [6.07, 6.45) is 0. The lowest BCUT2D eigenvalue weighted by Crippen LogP contribution is -2.35. The Kier molecular flexibility index (Phi) is 15.4. The van der Waals surface area contributed by atoms with Gasteiger partial charge in [0.05, 0.1) is 13.3 Å². The number of nitrogens with zero attached hydrogens (tertiary/aromatic N) is 6. The van der Waals surface area contributed by atoms with Crippen molar-refractivity contribution in [2.75, 3.05) is 97.9 Å². The quantitative estimate of drug-likeness (QED) is 0.327. The maximum absolute atomic E-state index is 8.52. The van der Waals surface area contributed by atoms with E-state index in [1.165, 1.54) is 0 Å². The predicted octanol–water partition coefficient (Wildman–Crippen LogP) is 0.789. The van der Waals surface area contributed by atoms with E-state index in [0.717, 1.165) is 0 Å². The van der Waals surface area contributed by atoms with Crippen molar-refractivity contribution in [1.29, 1.82) is 0 Å². The Morgan fingerprint density at radius 3 is 0.556 bits per heavy atom. The smallest absolute Gasteiger partial charge is 0.222 e. The Morgan fingerprint density at radius 1 is 0.481 bits per heavy atom. The molecule has 0 aromatic heterocycles. The molecular weight excluding hydrogens is 410 g/mol. The van der Waals surface area contributed by atoms with E-state index in [1.54, 1.807) is 0 Å². The van der Waals surface area contributed by atoms with Gasteiger partial charge in [-0.3, -0.25) is 8.42 Å². The van der Waals surface area contributed by atoms with Crippen LogP contribution in [-0.4, -0.2) is 143 Å². The van der Waals surface area contributed by atoms with Gasteiger partial charge in [0.15, 0.2) is 0 Å². The molecule has 0 saturated heterocycles. The van der Waals surface area contributed by atoms with Crippen molar-refractivity contribution in [2.45, 2.75) is 0 Å². The van der Waals surface area contributed by atoms with E-state index in [9.17, 15) is 0 Å². The summed E-state index contributed by atoms with van der Waals surface area (Å²) in [5, 5.41) is 0. The molecule has 0 bridgehead atoms. The maximum Gasteiger partial charge on any atom is 0.222 e. The Bertz CT molecular complexity index is 420. The number of hydrogen-bond donors (Lipinski definition) is 0.